The highest BCUT2D eigenvalue weighted by Gasteiger charge is 2.25. The molecule has 0 aromatic carbocycles. The van der Waals surface area contributed by atoms with Crippen LogP contribution in [0.3, 0.4) is 0 Å². The Labute approximate surface area is 83.3 Å². The molecule has 1 aliphatic carbocycles. The van der Waals surface area contributed by atoms with Crippen molar-refractivity contribution < 1.29 is 9.52 Å². The van der Waals surface area contributed by atoms with Gasteiger partial charge in [0.1, 0.15) is 0 Å². The summed E-state index contributed by atoms with van der Waals surface area (Å²) in [6.07, 6.45) is 4.27. The molecule has 0 radical (unpaired) electrons. The van der Waals surface area contributed by atoms with Gasteiger partial charge in [0.05, 0.1) is 0 Å². The normalized spacial score (nSPS) is 27.9. The van der Waals surface area contributed by atoms with Gasteiger partial charge in [-0.05, 0) is 31.6 Å². The van der Waals surface area contributed by atoms with Crippen molar-refractivity contribution in [2.45, 2.75) is 38.5 Å². The van der Waals surface area contributed by atoms with E-state index in [4.69, 9.17) is 9.52 Å². The Balaban J connectivity index is 1.95. The first-order chi connectivity index (χ1) is 6.79. The Morgan fingerprint density at radius 2 is 2.00 bits per heavy atom. The summed E-state index contributed by atoms with van der Waals surface area (Å²) in [5.41, 5.74) is 0. The van der Waals surface area contributed by atoms with Gasteiger partial charge in [-0.2, -0.15) is 0 Å². The van der Waals surface area contributed by atoms with E-state index >= 15 is 0 Å². The molecule has 78 valence electrons. The maximum absolute atomic E-state index is 9.00. The lowest BCUT2D eigenvalue weighted by molar-refractivity contribution is 0.176. The van der Waals surface area contributed by atoms with Crippen LogP contribution in [0.25, 0.3) is 0 Å². The predicted molar refractivity (Wildman–Crippen MR) is 50.8 cm³/mol. The molecule has 2 rings (SSSR count). The lowest BCUT2D eigenvalue weighted by Crippen LogP contribution is -2.16. The number of aliphatic hydroxyl groups excluding tert-OH is 1. The topological polar surface area (TPSA) is 59.2 Å². The molecule has 4 nitrogen and oxygen atoms in total. The molecular formula is C10H16N2O2. The second-order valence-corrected chi connectivity index (χ2v) is 4.06. The van der Waals surface area contributed by atoms with E-state index in [9.17, 15) is 0 Å². The van der Waals surface area contributed by atoms with Crippen LogP contribution in [0.15, 0.2) is 4.42 Å². The van der Waals surface area contributed by atoms with Crippen molar-refractivity contribution in [3.8, 4) is 0 Å². The first-order valence-corrected chi connectivity index (χ1v) is 5.20. The Kier molecular flexibility index (Phi) is 2.82. The molecule has 4 heteroatoms. The number of nitrogens with zero attached hydrogens (tertiary/aromatic N) is 2. The fourth-order valence-corrected chi connectivity index (χ4v) is 2.07. The van der Waals surface area contributed by atoms with E-state index in [0.717, 1.165) is 31.6 Å². The second-order valence-electron chi connectivity index (χ2n) is 4.06. The van der Waals surface area contributed by atoms with Crippen molar-refractivity contribution in [3.05, 3.63) is 11.8 Å². The smallest absolute Gasteiger partial charge is 0.219 e. The number of aromatic nitrogens is 2. The number of rotatable bonds is 2. The lowest BCUT2D eigenvalue weighted by atomic mass is 9.82. The molecule has 1 saturated carbocycles. The minimum atomic E-state index is 0.315. The molecule has 0 bridgehead atoms. The van der Waals surface area contributed by atoms with Gasteiger partial charge >= 0.3 is 0 Å². The second kappa shape index (κ2) is 4.09. The summed E-state index contributed by atoms with van der Waals surface area (Å²) in [7, 11) is 0. The lowest BCUT2D eigenvalue weighted by Gasteiger charge is -2.24. The quantitative estimate of drug-likeness (QED) is 0.781. The van der Waals surface area contributed by atoms with Gasteiger partial charge < -0.3 is 9.52 Å². The van der Waals surface area contributed by atoms with Crippen LogP contribution in [0.1, 0.15) is 43.4 Å². The average molecular weight is 196 g/mol. The average Bonchev–Trinajstić information content (AvgIpc) is 2.65. The summed E-state index contributed by atoms with van der Waals surface area (Å²) in [5.74, 6) is 2.32. The number of hydrogen-bond acceptors (Lipinski definition) is 4. The van der Waals surface area contributed by atoms with Gasteiger partial charge in [-0.15, -0.1) is 10.2 Å². The van der Waals surface area contributed by atoms with Crippen molar-refractivity contribution >= 4 is 0 Å². The predicted octanol–water partition coefficient (Wildman–Crippen LogP) is 1.64. The molecule has 1 aromatic rings. The standard InChI is InChI=1S/C10H16N2O2/c1-7-11-12-10(14-7)9-4-2-8(6-13)3-5-9/h8-9,13H,2-6H2,1H3. The zero-order valence-electron chi connectivity index (χ0n) is 8.44. The third-order valence-electron chi connectivity index (χ3n) is 3.00. The van der Waals surface area contributed by atoms with Crippen LogP contribution in [0.2, 0.25) is 0 Å². The zero-order valence-corrected chi connectivity index (χ0v) is 8.44. The Hall–Kier alpha value is -0.900. The number of aliphatic hydroxyl groups is 1. The van der Waals surface area contributed by atoms with Gasteiger partial charge in [-0.1, -0.05) is 0 Å². The highest BCUT2D eigenvalue weighted by atomic mass is 16.4. The Morgan fingerprint density at radius 1 is 1.29 bits per heavy atom. The number of aryl methyl sites for hydroxylation is 1. The molecule has 1 aliphatic rings. The van der Waals surface area contributed by atoms with E-state index in [1.165, 1.54) is 0 Å². The third kappa shape index (κ3) is 1.95. The van der Waals surface area contributed by atoms with Crippen LogP contribution in [-0.2, 0) is 0 Å². The van der Waals surface area contributed by atoms with Crippen LogP contribution in [0.4, 0.5) is 0 Å². The van der Waals surface area contributed by atoms with Crippen molar-refractivity contribution in [1.29, 1.82) is 0 Å². The molecule has 0 aliphatic heterocycles. The van der Waals surface area contributed by atoms with Crippen LogP contribution in [0.5, 0.6) is 0 Å². The van der Waals surface area contributed by atoms with Crippen molar-refractivity contribution in [3.63, 3.8) is 0 Å². The van der Waals surface area contributed by atoms with Gasteiger partial charge in [0.15, 0.2) is 0 Å². The maximum atomic E-state index is 9.00. The van der Waals surface area contributed by atoms with Gasteiger partial charge in [-0.3, -0.25) is 0 Å². The van der Waals surface area contributed by atoms with E-state index in [0.29, 0.717) is 24.3 Å². The fraction of sp³-hybridized carbons (Fsp3) is 0.800. The SMILES string of the molecule is Cc1nnc(C2CCC(CO)CC2)o1. The summed E-state index contributed by atoms with van der Waals surface area (Å²) in [6, 6.07) is 0. The van der Waals surface area contributed by atoms with E-state index < -0.39 is 0 Å². The first kappa shape index (κ1) is 9.65. The molecule has 1 aromatic heterocycles. The first-order valence-electron chi connectivity index (χ1n) is 5.20. The van der Waals surface area contributed by atoms with Crippen LogP contribution in [-0.4, -0.2) is 21.9 Å². The van der Waals surface area contributed by atoms with Gasteiger partial charge in [-0.25, -0.2) is 0 Å². The zero-order chi connectivity index (χ0) is 9.97. The van der Waals surface area contributed by atoms with Crippen LogP contribution >= 0.6 is 0 Å². The molecule has 0 saturated heterocycles. The Bertz CT molecular complexity index is 290. The summed E-state index contributed by atoms with van der Waals surface area (Å²) < 4.78 is 5.41. The fourth-order valence-electron chi connectivity index (χ4n) is 2.07. The summed E-state index contributed by atoms with van der Waals surface area (Å²) >= 11 is 0. The monoisotopic (exact) mass is 196 g/mol. The summed E-state index contributed by atoms with van der Waals surface area (Å²) in [6.45, 7) is 2.13. The van der Waals surface area contributed by atoms with E-state index in [1.54, 1.807) is 0 Å². The van der Waals surface area contributed by atoms with E-state index in [2.05, 4.69) is 10.2 Å². The highest BCUT2D eigenvalue weighted by Crippen LogP contribution is 2.34. The van der Waals surface area contributed by atoms with Crippen molar-refractivity contribution in [1.82, 2.24) is 10.2 Å². The minimum Gasteiger partial charge on any atom is -0.425 e. The molecule has 0 atom stereocenters. The third-order valence-corrected chi connectivity index (χ3v) is 3.00. The van der Waals surface area contributed by atoms with Crippen LogP contribution < -0.4 is 0 Å². The molecule has 0 unspecified atom stereocenters. The molecule has 0 spiro atoms. The molecule has 1 fully saturated rings. The van der Waals surface area contributed by atoms with Crippen molar-refractivity contribution in [2.75, 3.05) is 6.61 Å². The largest absolute Gasteiger partial charge is 0.425 e. The molecule has 1 N–H and O–H groups in total. The summed E-state index contributed by atoms with van der Waals surface area (Å²) in [5, 5.41) is 16.9. The van der Waals surface area contributed by atoms with E-state index in [1.807, 2.05) is 6.92 Å². The van der Waals surface area contributed by atoms with Gasteiger partial charge in [0.2, 0.25) is 11.8 Å². The Morgan fingerprint density at radius 3 is 2.50 bits per heavy atom. The molecule has 0 amide bonds. The highest BCUT2D eigenvalue weighted by molar-refractivity contribution is 4.93. The van der Waals surface area contributed by atoms with Gasteiger partial charge in [0.25, 0.3) is 0 Å². The van der Waals surface area contributed by atoms with Crippen molar-refractivity contribution in [2.24, 2.45) is 5.92 Å². The maximum Gasteiger partial charge on any atom is 0.219 e. The minimum absolute atomic E-state index is 0.315. The number of hydrogen-bond donors (Lipinski definition) is 1. The molecule has 1 heterocycles. The van der Waals surface area contributed by atoms with Gasteiger partial charge in [0, 0.05) is 19.4 Å². The summed E-state index contributed by atoms with van der Waals surface area (Å²) in [4.78, 5) is 0. The van der Waals surface area contributed by atoms with E-state index in [-0.39, 0.29) is 0 Å². The molecule has 14 heavy (non-hydrogen) atoms. The molecular weight excluding hydrogens is 180 g/mol. The van der Waals surface area contributed by atoms with Crippen LogP contribution in [0, 0.1) is 12.8 Å².